The molecule has 0 radical (unpaired) electrons. The Labute approximate surface area is 135 Å². The molecule has 126 valence electrons. The number of hydrogen-bond donors (Lipinski definition) is 2. The van der Waals surface area contributed by atoms with Gasteiger partial charge in [0.15, 0.2) is 5.69 Å². The van der Waals surface area contributed by atoms with Gasteiger partial charge in [-0.05, 0) is 12.1 Å². The molecule has 1 amide bonds. The number of aliphatic carboxylic acids is 1. The summed E-state index contributed by atoms with van der Waals surface area (Å²) in [7, 11) is 1.38. The largest absolute Gasteiger partial charge is 0.481 e. The van der Waals surface area contributed by atoms with Gasteiger partial charge in [0.05, 0.1) is 19.6 Å². The maximum Gasteiger partial charge on any atom is 0.305 e. The quantitative estimate of drug-likeness (QED) is 0.832. The fourth-order valence-corrected chi connectivity index (χ4v) is 1.98. The molecule has 0 aliphatic heterocycles. The van der Waals surface area contributed by atoms with Crippen LogP contribution in [-0.2, 0) is 4.79 Å². The van der Waals surface area contributed by atoms with Crippen molar-refractivity contribution in [1.29, 1.82) is 0 Å². The normalized spacial score (nSPS) is 11.6. The van der Waals surface area contributed by atoms with Crippen LogP contribution in [0.4, 0.5) is 8.78 Å². The zero-order valence-electron chi connectivity index (χ0n) is 12.5. The lowest BCUT2D eigenvalue weighted by atomic mass is 10.0. The third-order valence-electron chi connectivity index (χ3n) is 3.10. The van der Waals surface area contributed by atoms with E-state index < -0.39 is 36.0 Å². The summed E-state index contributed by atoms with van der Waals surface area (Å²) in [4.78, 5) is 23.1. The van der Waals surface area contributed by atoms with Crippen LogP contribution < -0.4 is 10.1 Å². The van der Waals surface area contributed by atoms with Crippen LogP contribution in [0.2, 0.25) is 0 Å². The number of ether oxygens (including phenoxy) is 1. The second kappa shape index (κ2) is 7.44. The zero-order valence-corrected chi connectivity index (χ0v) is 12.5. The predicted molar refractivity (Wildman–Crippen MR) is 77.4 cm³/mol. The molecule has 1 heterocycles. The number of carboxylic acid groups (broad SMARTS) is 1. The molecule has 1 atom stereocenters. The summed E-state index contributed by atoms with van der Waals surface area (Å²) >= 11 is 0. The number of hydrogen-bond acceptors (Lipinski definition) is 5. The molecule has 0 aliphatic carbocycles. The number of carboxylic acids is 1. The lowest BCUT2D eigenvalue weighted by molar-refractivity contribution is -0.137. The Balaban J connectivity index is 2.24. The number of benzene rings is 1. The van der Waals surface area contributed by atoms with Crippen LogP contribution in [0.25, 0.3) is 0 Å². The van der Waals surface area contributed by atoms with E-state index >= 15 is 0 Å². The first-order chi connectivity index (χ1) is 11.4. The molecule has 9 heteroatoms. The molecule has 0 aliphatic rings. The summed E-state index contributed by atoms with van der Waals surface area (Å²) in [6.45, 7) is 0. The van der Waals surface area contributed by atoms with Gasteiger partial charge in [-0.2, -0.15) is 0 Å². The average molecular weight is 337 g/mol. The van der Waals surface area contributed by atoms with Crippen LogP contribution in [0, 0.1) is 11.6 Å². The number of carbonyl (C=O) groups is 2. The number of halogens is 2. The van der Waals surface area contributed by atoms with Gasteiger partial charge in [0.1, 0.15) is 11.6 Å². The molecule has 0 spiro atoms. The number of aromatic nitrogens is 2. The molecular weight excluding hydrogens is 324 g/mol. The van der Waals surface area contributed by atoms with Gasteiger partial charge < -0.3 is 15.2 Å². The Morgan fingerprint density at radius 1 is 1.25 bits per heavy atom. The van der Waals surface area contributed by atoms with Gasteiger partial charge in [0, 0.05) is 17.7 Å². The Hall–Kier alpha value is -3.10. The highest BCUT2D eigenvalue weighted by Crippen LogP contribution is 2.21. The van der Waals surface area contributed by atoms with E-state index in [0.29, 0.717) is 6.07 Å². The number of amides is 1. The van der Waals surface area contributed by atoms with Crippen molar-refractivity contribution in [3.05, 3.63) is 53.2 Å². The van der Waals surface area contributed by atoms with E-state index in [1.54, 1.807) is 0 Å². The molecule has 2 aromatic rings. The minimum atomic E-state index is -1.26. The molecule has 7 nitrogen and oxygen atoms in total. The molecule has 0 saturated carbocycles. The first-order valence-corrected chi connectivity index (χ1v) is 6.76. The SMILES string of the molecule is COc1ccc(C(=O)NC(CC(=O)O)c2ccc(F)cc2F)nn1. The molecule has 2 rings (SSSR count). The van der Waals surface area contributed by atoms with Gasteiger partial charge in [-0.15, -0.1) is 10.2 Å². The van der Waals surface area contributed by atoms with Crippen molar-refractivity contribution in [3.63, 3.8) is 0 Å². The smallest absolute Gasteiger partial charge is 0.305 e. The molecule has 0 fully saturated rings. The van der Waals surface area contributed by atoms with Crippen LogP contribution in [0.3, 0.4) is 0 Å². The Morgan fingerprint density at radius 3 is 2.54 bits per heavy atom. The number of nitrogens with zero attached hydrogens (tertiary/aromatic N) is 2. The highest BCUT2D eigenvalue weighted by atomic mass is 19.1. The van der Waals surface area contributed by atoms with Gasteiger partial charge in [-0.25, -0.2) is 8.78 Å². The van der Waals surface area contributed by atoms with E-state index in [-0.39, 0.29) is 17.1 Å². The average Bonchev–Trinajstić information content (AvgIpc) is 2.54. The molecule has 0 saturated heterocycles. The van der Waals surface area contributed by atoms with Gasteiger partial charge in [-0.3, -0.25) is 9.59 Å². The maximum atomic E-state index is 13.9. The Kier molecular flexibility index (Phi) is 5.35. The number of rotatable bonds is 6. The van der Waals surface area contributed by atoms with Crippen molar-refractivity contribution < 1.29 is 28.2 Å². The van der Waals surface area contributed by atoms with E-state index in [0.717, 1.165) is 12.1 Å². The molecule has 1 aromatic heterocycles. The molecular formula is C15H13F2N3O4. The number of methoxy groups -OCH3 is 1. The zero-order chi connectivity index (χ0) is 17.7. The highest BCUT2D eigenvalue weighted by Gasteiger charge is 2.23. The Bertz CT molecular complexity index is 753. The van der Waals surface area contributed by atoms with Crippen molar-refractivity contribution in [2.24, 2.45) is 0 Å². The molecule has 24 heavy (non-hydrogen) atoms. The predicted octanol–water partition coefficient (Wildman–Crippen LogP) is 1.71. The summed E-state index contributed by atoms with van der Waals surface area (Å²) < 4.78 is 31.7. The van der Waals surface area contributed by atoms with E-state index in [4.69, 9.17) is 9.84 Å². The molecule has 2 N–H and O–H groups in total. The summed E-state index contributed by atoms with van der Waals surface area (Å²) in [6.07, 6.45) is -0.585. The minimum absolute atomic E-state index is 0.103. The monoisotopic (exact) mass is 337 g/mol. The maximum absolute atomic E-state index is 13.9. The van der Waals surface area contributed by atoms with Crippen molar-refractivity contribution in [3.8, 4) is 5.88 Å². The van der Waals surface area contributed by atoms with Crippen LogP contribution >= 0.6 is 0 Å². The van der Waals surface area contributed by atoms with Crippen molar-refractivity contribution >= 4 is 11.9 Å². The standard InChI is InChI=1S/C15H13F2N3O4/c1-24-13-5-4-11(19-20-13)15(23)18-12(7-14(21)22)9-3-2-8(16)6-10(9)17/h2-6,12H,7H2,1H3,(H,18,23)(H,21,22). The third-order valence-corrected chi connectivity index (χ3v) is 3.10. The summed E-state index contributed by atoms with van der Waals surface area (Å²) in [5.74, 6) is -3.58. The van der Waals surface area contributed by atoms with Gasteiger partial charge in [-0.1, -0.05) is 6.07 Å². The van der Waals surface area contributed by atoms with E-state index in [9.17, 15) is 18.4 Å². The van der Waals surface area contributed by atoms with Gasteiger partial charge >= 0.3 is 5.97 Å². The van der Waals surface area contributed by atoms with Gasteiger partial charge in [0.25, 0.3) is 5.91 Å². The van der Waals surface area contributed by atoms with Crippen LogP contribution in [0.15, 0.2) is 30.3 Å². The van der Waals surface area contributed by atoms with Crippen LogP contribution in [-0.4, -0.2) is 34.3 Å². The topological polar surface area (TPSA) is 101 Å². The molecule has 0 bridgehead atoms. The lowest BCUT2D eigenvalue weighted by Gasteiger charge is -2.17. The van der Waals surface area contributed by atoms with Crippen LogP contribution in [0.1, 0.15) is 28.5 Å². The summed E-state index contributed by atoms with van der Waals surface area (Å²) in [5, 5.41) is 18.5. The highest BCUT2D eigenvalue weighted by molar-refractivity contribution is 5.92. The number of carbonyl (C=O) groups excluding carboxylic acids is 1. The number of nitrogens with one attached hydrogen (secondary N) is 1. The van der Waals surface area contributed by atoms with Crippen molar-refractivity contribution in [1.82, 2.24) is 15.5 Å². The van der Waals surface area contributed by atoms with Crippen LogP contribution in [0.5, 0.6) is 5.88 Å². The van der Waals surface area contributed by atoms with Crippen molar-refractivity contribution in [2.45, 2.75) is 12.5 Å². The first-order valence-electron chi connectivity index (χ1n) is 6.76. The molecule has 1 aromatic carbocycles. The second-order valence-corrected chi connectivity index (χ2v) is 4.75. The third kappa shape index (κ3) is 4.22. The Morgan fingerprint density at radius 2 is 2.00 bits per heavy atom. The van der Waals surface area contributed by atoms with E-state index in [2.05, 4.69) is 15.5 Å². The molecule has 1 unspecified atom stereocenters. The van der Waals surface area contributed by atoms with Crippen molar-refractivity contribution in [2.75, 3.05) is 7.11 Å². The summed E-state index contributed by atoms with van der Waals surface area (Å²) in [5.41, 5.74) is -0.248. The fourth-order valence-electron chi connectivity index (χ4n) is 1.98. The summed E-state index contributed by atoms with van der Waals surface area (Å²) in [6, 6.07) is 4.19. The lowest BCUT2D eigenvalue weighted by Crippen LogP contribution is -2.31. The minimum Gasteiger partial charge on any atom is -0.481 e. The first kappa shape index (κ1) is 17.3. The fraction of sp³-hybridized carbons (Fsp3) is 0.200. The second-order valence-electron chi connectivity index (χ2n) is 4.75. The van der Waals surface area contributed by atoms with E-state index in [1.807, 2.05) is 0 Å². The van der Waals surface area contributed by atoms with E-state index in [1.165, 1.54) is 19.2 Å². The van der Waals surface area contributed by atoms with Gasteiger partial charge in [0.2, 0.25) is 5.88 Å².